The van der Waals surface area contributed by atoms with Crippen LogP contribution in [0.4, 0.5) is 0 Å². The molecule has 3 atom stereocenters. The van der Waals surface area contributed by atoms with Gasteiger partial charge >= 0.3 is 0 Å². The summed E-state index contributed by atoms with van der Waals surface area (Å²) in [7, 11) is 1.55. The SMILES string of the molecule is COC[C@@H]1CCCN1C[C@@H]1CCCC1P(c1ccccc1)c1ccccc1. The molecule has 1 saturated heterocycles. The van der Waals surface area contributed by atoms with E-state index in [1.807, 2.05) is 7.11 Å². The zero-order chi connectivity index (χ0) is 18.5. The molecule has 0 bridgehead atoms. The number of likely N-dealkylation sites (tertiary alicyclic amines) is 1. The molecule has 0 N–H and O–H groups in total. The van der Waals surface area contributed by atoms with Crippen molar-refractivity contribution in [2.45, 2.75) is 43.8 Å². The minimum Gasteiger partial charge on any atom is -0.383 e. The van der Waals surface area contributed by atoms with Crippen molar-refractivity contribution in [1.29, 1.82) is 0 Å². The van der Waals surface area contributed by atoms with Crippen molar-refractivity contribution in [3.05, 3.63) is 60.7 Å². The number of hydrogen-bond acceptors (Lipinski definition) is 2. The number of ether oxygens (including phenoxy) is 1. The number of benzene rings is 2. The Bertz CT molecular complexity index is 653. The molecule has 3 heteroatoms. The smallest absolute Gasteiger partial charge is 0.0618 e. The first-order valence-corrected chi connectivity index (χ1v) is 11.9. The van der Waals surface area contributed by atoms with Gasteiger partial charge in [0.25, 0.3) is 0 Å². The third kappa shape index (κ3) is 4.45. The third-order valence-electron chi connectivity index (χ3n) is 6.35. The standard InChI is InChI=1S/C24H32NOP/c1-26-19-21-11-9-17-25(21)18-20-10-8-16-24(20)27(22-12-4-2-5-13-22)23-14-6-3-7-15-23/h2-7,12-15,20-21,24H,8-11,16-19H2,1H3/t20-,21-,24?/m0/s1. The molecule has 1 aliphatic heterocycles. The van der Waals surface area contributed by atoms with Crippen LogP contribution < -0.4 is 10.6 Å². The van der Waals surface area contributed by atoms with E-state index in [-0.39, 0.29) is 7.92 Å². The van der Waals surface area contributed by atoms with E-state index in [0.29, 0.717) is 6.04 Å². The predicted octanol–water partition coefficient (Wildman–Crippen LogP) is 4.40. The summed E-state index contributed by atoms with van der Waals surface area (Å²) in [6, 6.07) is 23.2. The lowest BCUT2D eigenvalue weighted by Crippen LogP contribution is -2.39. The zero-order valence-corrected chi connectivity index (χ0v) is 17.4. The van der Waals surface area contributed by atoms with Crippen LogP contribution in [0.2, 0.25) is 0 Å². The van der Waals surface area contributed by atoms with Crippen LogP contribution >= 0.6 is 7.92 Å². The Labute approximate surface area is 165 Å². The number of hydrogen-bond donors (Lipinski definition) is 0. The average molecular weight is 382 g/mol. The lowest BCUT2D eigenvalue weighted by molar-refractivity contribution is 0.106. The summed E-state index contributed by atoms with van der Waals surface area (Å²) in [6.45, 7) is 3.41. The Morgan fingerprint density at radius 2 is 1.56 bits per heavy atom. The lowest BCUT2D eigenvalue weighted by atomic mass is 10.1. The van der Waals surface area contributed by atoms with Crippen molar-refractivity contribution in [3.63, 3.8) is 0 Å². The fraction of sp³-hybridized carbons (Fsp3) is 0.500. The molecule has 1 unspecified atom stereocenters. The van der Waals surface area contributed by atoms with Crippen molar-refractivity contribution in [1.82, 2.24) is 4.90 Å². The van der Waals surface area contributed by atoms with Crippen LogP contribution in [0.5, 0.6) is 0 Å². The Kier molecular flexibility index (Phi) is 6.60. The minimum atomic E-state index is -0.292. The number of methoxy groups -OCH3 is 1. The van der Waals surface area contributed by atoms with E-state index in [9.17, 15) is 0 Å². The average Bonchev–Trinajstić information content (AvgIpc) is 3.35. The molecule has 2 aromatic carbocycles. The van der Waals surface area contributed by atoms with Gasteiger partial charge in [-0.2, -0.15) is 0 Å². The van der Waals surface area contributed by atoms with E-state index < -0.39 is 0 Å². The first kappa shape index (κ1) is 19.1. The molecular weight excluding hydrogens is 349 g/mol. The summed E-state index contributed by atoms with van der Waals surface area (Å²) in [4.78, 5) is 2.73. The first-order chi connectivity index (χ1) is 13.4. The van der Waals surface area contributed by atoms with Crippen molar-refractivity contribution in [2.75, 3.05) is 26.8 Å². The van der Waals surface area contributed by atoms with E-state index in [2.05, 4.69) is 65.6 Å². The Morgan fingerprint density at radius 3 is 2.19 bits per heavy atom. The van der Waals surface area contributed by atoms with Gasteiger partial charge in [0.2, 0.25) is 0 Å². The van der Waals surface area contributed by atoms with Gasteiger partial charge in [-0.1, -0.05) is 67.1 Å². The summed E-state index contributed by atoms with van der Waals surface area (Å²) in [5, 5.41) is 3.09. The van der Waals surface area contributed by atoms with Crippen LogP contribution in [0.1, 0.15) is 32.1 Å². The van der Waals surface area contributed by atoms with Gasteiger partial charge in [0, 0.05) is 19.7 Å². The molecule has 0 amide bonds. The molecule has 1 aliphatic carbocycles. The molecule has 2 aromatic rings. The van der Waals surface area contributed by atoms with E-state index in [4.69, 9.17) is 4.74 Å². The molecule has 27 heavy (non-hydrogen) atoms. The maximum Gasteiger partial charge on any atom is 0.0618 e. The van der Waals surface area contributed by atoms with Gasteiger partial charge in [-0.15, -0.1) is 0 Å². The van der Waals surface area contributed by atoms with E-state index in [1.54, 1.807) is 10.6 Å². The fourth-order valence-corrected chi connectivity index (χ4v) is 8.25. The quantitative estimate of drug-likeness (QED) is 0.659. The Hall–Kier alpha value is -1.21. The van der Waals surface area contributed by atoms with Crippen LogP contribution in [0.3, 0.4) is 0 Å². The normalized spacial score (nSPS) is 26.1. The molecule has 144 valence electrons. The predicted molar refractivity (Wildman–Crippen MR) is 117 cm³/mol. The molecular formula is C24H32NOP. The molecule has 1 saturated carbocycles. The van der Waals surface area contributed by atoms with Gasteiger partial charge in [-0.05, 0) is 62.3 Å². The molecule has 2 aliphatic rings. The van der Waals surface area contributed by atoms with Crippen LogP contribution in [-0.4, -0.2) is 43.4 Å². The molecule has 2 fully saturated rings. The molecule has 0 spiro atoms. The first-order valence-electron chi connectivity index (χ1n) is 10.5. The van der Waals surface area contributed by atoms with Gasteiger partial charge in [-0.3, -0.25) is 4.90 Å². The summed E-state index contributed by atoms with van der Waals surface area (Å²) in [5.41, 5.74) is 0.800. The second-order valence-electron chi connectivity index (χ2n) is 8.05. The van der Waals surface area contributed by atoms with Gasteiger partial charge < -0.3 is 4.74 Å². The molecule has 0 aromatic heterocycles. The van der Waals surface area contributed by atoms with Crippen LogP contribution in [-0.2, 0) is 4.74 Å². The maximum atomic E-state index is 5.50. The van der Waals surface area contributed by atoms with E-state index in [1.165, 1.54) is 45.2 Å². The van der Waals surface area contributed by atoms with Gasteiger partial charge in [0.1, 0.15) is 0 Å². The highest BCUT2D eigenvalue weighted by Crippen LogP contribution is 2.50. The Morgan fingerprint density at radius 1 is 0.889 bits per heavy atom. The second-order valence-corrected chi connectivity index (χ2v) is 10.5. The fourth-order valence-electron chi connectivity index (χ4n) is 5.10. The van der Waals surface area contributed by atoms with Crippen molar-refractivity contribution in [3.8, 4) is 0 Å². The van der Waals surface area contributed by atoms with Gasteiger partial charge in [-0.25, -0.2) is 0 Å². The highest BCUT2D eigenvalue weighted by atomic mass is 31.1. The minimum absolute atomic E-state index is 0.292. The summed E-state index contributed by atoms with van der Waals surface area (Å²) < 4.78 is 5.50. The number of rotatable bonds is 7. The molecule has 0 radical (unpaired) electrons. The van der Waals surface area contributed by atoms with Crippen LogP contribution in [0.15, 0.2) is 60.7 Å². The largest absolute Gasteiger partial charge is 0.383 e. The number of nitrogens with zero attached hydrogens (tertiary/aromatic N) is 1. The maximum absolute atomic E-state index is 5.50. The van der Waals surface area contributed by atoms with E-state index in [0.717, 1.165) is 18.2 Å². The summed E-state index contributed by atoms with van der Waals surface area (Å²) in [6.07, 6.45) is 6.79. The topological polar surface area (TPSA) is 12.5 Å². The van der Waals surface area contributed by atoms with Crippen LogP contribution in [0, 0.1) is 5.92 Å². The highest BCUT2D eigenvalue weighted by Gasteiger charge is 2.37. The van der Waals surface area contributed by atoms with Crippen molar-refractivity contribution < 1.29 is 4.74 Å². The van der Waals surface area contributed by atoms with Crippen LogP contribution in [0.25, 0.3) is 0 Å². The summed E-state index contributed by atoms with van der Waals surface area (Å²) in [5.74, 6) is 0.814. The van der Waals surface area contributed by atoms with Gasteiger partial charge in [0.15, 0.2) is 0 Å². The third-order valence-corrected chi connectivity index (χ3v) is 9.40. The van der Waals surface area contributed by atoms with Gasteiger partial charge in [0.05, 0.1) is 6.61 Å². The van der Waals surface area contributed by atoms with E-state index >= 15 is 0 Å². The molecule has 1 heterocycles. The molecule has 4 rings (SSSR count). The van der Waals surface area contributed by atoms with Crippen molar-refractivity contribution in [2.24, 2.45) is 5.92 Å². The zero-order valence-electron chi connectivity index (χ0n) is 16.5. The molecule has 2 nitrogen and oxygen atoms in total. The summed E-state index contributed by atoms with van der Waals surface area (Å²) >= 11 is 0. The Balaban J connectivity index is 1.57. The highest BCUT2D eigenvalue weighted by molar-refractivity contribution is 7.73. The second kappa shape index (κ2) is 9.32. The van der Waals surface area contributed by atoms with Crippen molar-refractivity contribution >= 4 is 18.5 Å². The monoisotopic (exact) mass is 381 g/mol. The lowest BCUT2D eigenvalue weighted by Gasteiger charge is -2.34.